The highest BCUT2D eigenvalue weighted by atomic mass is 16.7. The van der Waals surface area contributed by atoms with Crippen LogP contribution >= 0.6 is 0 Å². The van der Waals surface area contributed by atoms with Gasteiger partial charge in [-0.05, 0) is 25.7 Å². The number of esters is 1. The van der Waals surface area contributed by atoms with Gasteiger partial charge in [-0.25, -0.2) is 0 Å². The summed E-state index contributed by atoms with van der Waals surface area (Å²) in [5.74, 6) is -1.18. The molecule has 0 spiro atoms. The first-order valence-corrected chi connectivity index (χ1v) is 27.5. The van der Waals surface area contributed by atoms with Crippen molar-refractivity contribution < 1.29 is 49.3 Å². The Morgan fingerprint density at radius 3 is 1.45 bits per heavy atom. The molecule has 0 radical (unpaired) electrons. The first-order chi connectivity index (χ1) is 31.7. The second-order valence-electron chi connectivity index (χ2n) is 19.3. The first-order valence-electron chi connectivity index (χ1n) is 27.5. The van der Waals surface area contributed by atoms with Gasteiger partial charge in [0, 0.05) is 6.42 Å². The number of hydrogen-bond donors (Lipinski definition) is 6. The standard InChI is InChI=1S/C54H103NO10/c1-4-7-10-13-16-19-22-24-27-28-31-34-37-40-46(57)45(55-53(62)47(58)41-38-35-32-29-26-23-20-17-14-11-8-5-2)44-63-54-52(51(61)50(60)48(43-56)64-54)65-49(59)42-39-36-33-30-25-21-18-15-12-9-6-3/h37,40,45-48,50-52,54,56-58,60-61H,4-36,38-39,41-44H2,1-3H3,(H,55,62)/b40-37+. The molecule has 11 heteroatoms. The normalized spacial score (nSPS) is 20.3. The molecule has 0 aromatic rings. The lowest BCUT2D eigenvalue weighted by Crippen LogP contribution is -2.61. The molecule has 65 heavy (non-hydrogen) atoms. The minimum Gasteiger partial charge on any atom is -0.454 e. The third kappa shape index (κ3) is 32.7. The molecule has 1 fully saturated rings. The molecule has 0 aromatic heterocycles. The number of aliphatic hydroxyl groups is 5. The van der Waals surface area contributed by atoms with E-state index in [1.54, 1.807) is 6.08 Å². The third-order valence-corrected chi connectivity index (χ3v) is 13.2. The molecule has 1 rings (SSSR count). The Balaban J connectivity index is 2.77. The van der Waals surface area contributed by atoms with Gasteiger partial charge in [0.05, 0.1) is 25.4 Å². The van der Waals surface area contributed by atoms with E-state index in [1.165, 1.54) is 154 Å². The quantitative estimate of drug-likeness (QED) is 0.0196. The monoisotopic (exact) mass is 926 g/mol. The SMILES string of the molecule is CCCCCCCCCCCCC/C=C/C(O)C(COC1OC(CO)C(O)C(O)C1OC(=O)CCCCCCCCCCCCC)NC(=O)C(O)CCCCCCCCCCCCCC. The Hall–Kier alpha value is -1.60. The van der Waals surface area contributed by atoms with Crippen LogP contribution in [-0.2, 0) is 23.8 Å². The minimum absolute atomic E-state index is 0.130. The van der Waals surface area contributed by atoms with E-state index in [9.17, 15) is 35.1 Å². The molecule has 0 saturated carbocycles. The van der Waals surface area contributed by atoms with E-state index in [2.05, 4.69) is 26.1 Å². The van der Waals surface area contributed by atoms with Crippen LogP contribution in [0.2, 0.25) is 0 Å². The summed E-state index contributed by atoms with van der Waals surface area (Å²) >= 11 is 0. The third-order valence-electron chi connectivity index (χ3n) is 13.2. The summed E-state index contributed by atoms with van der Waals surface area (Å²) in [6.45, 7) is 5.77. The molecule has 0 aromatic carbocycles. The Morgan fingerprint density at radius 1 is 0.585 bits per heavy atom. The average molecular weight is 926 g/mol. The highest BCUT2D eigenvalue weighted by molar-refractivity contribution is 5.80. The smallest absolute Gasteiger partial charge is 0.306 e. The lowest BCUT2D eigenvalue weighted by atomic mass is 9.99. The summed E-state index contributed by atoms with van der Waals surface area (Å²) in [6, 6.07) is -1.01. The largest absolute Gasteiger partial charge is 0.454 e. The maximum absolute atomic E-state index is 13.3. The first kappa shape index (κ1) is 61.4. The molecule has 1 aliphatic rings. The molecule has 8 atom stereocenters. The van der Waals surface area contributed by atoms with Gasteiger partial charge < -0.3 is 45.1 Å². The molecule has 1 heterocycles. The van der Waals surface area contributed by atoms with Gasteiger partial charge in [0.1, 0.15) is 24.4 Å². The average Bonchev–Trinajstić information content (AvgIpc) is 3.30. The minimum atomic E-state index is -1.60. The van der Waals surface area contributed by atoms with Crippen LogP contribution in [0, 0.1) is 0 Å². The van der Waals surface area contributed by atoms with Crippen LogP contribution in [-0.4, -0.2) is 99.6 Å². The van der Waals surface area contributed by atoms with Crippen LogP contribution in [0.1, 0.15) is 258 Å². The van der Waals surface area contributed by atoms with Gasteiger partial charge in [0.15, 0.2) is 12.4 Å². The van der Waals surface area contributed by atoms with Crippen LogP contribution in [0.25, 0.3) is 0 Å². The summed E-state index contributed by atoms with van der Waals surface area (Å²) in [4.78, 5) is 26.3. The summed E-state index contributed by atoms with van der Waals surface area (Å²) in [5, 5.41) is 56.6. The number of carbonyl (C=O) groups is 2. The zero-order valence-electron chi connectivity index (χ0n) is 42.1. The topological polar surface area (TPSA) is 175 Å². The highest BCUT2D eigenvalue weighted by Crippen LogP contribution is 2.26. The Bertz CT molecular complexity index is 1110. The van der Waals surface area contributed by atoms with Crippen molar-refractivity contribution >= 4 is 11.9 Å². The van der Waals surface area contributed by atoms with Crippen LogP contribution < -0.4 is 5.32 Å². The van der Waals surface area contributed by atoms with E-state index in [4.69, 9.17) is 14.2 Å². The fourth-order valence-corrected chi connectivity index (χ4v) is 8.77. The summed E-state index contributed by atoms with van der Waals surface area (Å²) in [7, 11) is 0. The lowest BCUT2D eigenvalue weighted by Gasteiger charge is -2.41. The van der Waals surface area contributed by atoms with Crippen LogP contribution in [0.4, 0.5) is 0 Å². The predicted octanol–water partition coefficient (Wildman–Crippen LogP) is 11.6. The number of ether oxygens (including phenoxy) is 3. The van der Waals surface area contributed by atoms with Gasteiger partial charge in [-0.3, -0.25) is 9.59 Å². The molecule has 384 valence electrons. The molecule has 8 unspecified atom stereocenters. The Kier molecular flexibility index (Phi) is 41.3. The lowest BCUT2D eigenvalue weighted by molar-refractivity contribution is -0.305. The van der Waals surface area contributed by atoms with Gasteiger partial charge in [0.2, 0.25) is 5.91 Å². The van der Waals surface area contributed by atoms with E-state index in [-0.39, 0.29) is 13.0 Å². The number of amides is 1. The van der Waals surface area contributed by atoms with Crippen molar-refractivity contribution in [2.45, 2.75) is 307 Å². The highest BCUT2D eigenvalue weighted by Gasteiger charge is 2.47. The number of carbonyl (C=O) groups excluding carboxylic acids is 2. The van der Waals surface area contributed by atoms with Crippen molar-refractivity contribution in [3.05, 3.63) is 12.2 Å². The number of allylic oxidation sites excluding steroid dienone is 1. The molecule has 0 aliphatic carbocycles. The molecule has 1 saturated heterocycles. The molecule has 1 aliphatic heterocycles. The number of aliphatic hydroxyl groups excluding tert-OH is 5. The van der Waals surface area contributed by atoms with Gasteiger partial charge in [-0.2, -0.15) is 0 Å². The zero-order chi connectivity index (χ0) is 47.6. The van der Waals surface area contributed by atoms with Crippen molar-refractivity contribution in [3.63, 3.8) is 0 Å². The number of unbranched alkanes of at least 4 members (excludes halogenated alkanes) is 32. The molecular formula is C54H103NO10. The number of hydrogen-bond acceptors (Lipinski definition) is 10. The van der Waals surface area contributed by atoms with E-state index >= 15 is 0 Å². The molecule has 0 bridgehead atoms. The molecule has 11 nitrogen and oxygen atoms in total. The maximum Gasteiger partial charge on any atom is 0.306 e. The number of nitrogens with one attached hydrogen (secondary N) is 1. The second-order valence-corrected chi connectivity index (χ2v) is 19.3. The Morgan fingerprint density at radius 2 is 1.00 bits per heavy atom. The van der Waals surface area contributed by atoms with E-state index in [1.807, 2.05) is 6.08 Å². The van der Waals surface area contributed by atoms with Crippen LogP contribution in [0.3, 0.4) is 0 Å². The van der Waals surface area contributed by atoms with Crippen molar-refractivity contribution in [3.8, 4) is 0 Å². The number of rotatable bonds is 46. The van der Waals surface area contributed by atoms with Crippen molar-refractivity contribution in [1.29, 1.82) is 0 Å². The summed E-state index contributed by atoms with van der Waals surface area (Å²) in [6.07, 6.45) is 35.5. The molecule has 1 amide bonds. The van der Waals surface area contributed by atoms with Gasteiger partial charge >= 0.3 is 5.97 Å². The zero-order valence-corrected chi connectivity index (χ0v) is 42.1. The van der Waals surface area contributed by atoms with E-state index < -0.39 is 67.4 Å². The predicted molar refractivity (Wildman–Crippen MR) is 265 cm³/mol. The second kappa shape index (κ2) is 43.7. The van der Waals surface area contributed by atoms with Gasteiger partial charge in [0.25, 0.3) is 0 Å². The Labute approximate surface area is 398 Å². The molecular weight excluding hydrogens is 823 g/mol. The van der Waals surface area contributed by atoms with Gasteiger partial charge in [-0.15, -0.1) is 0 Å². The van der Waals surface area contributed by atoms with Gasteiger partial charge in [-0.1, -0.05) is 238 Å². The van der Waals surface area contributed by atoms with Crippen molar-refractivity contribution in [2.24, 2.45) is 0 Å². The van der Waals surface area contributed by atoms with Crippen molar-refractivity contribution in [2.75, 3.05) is 13.2 Å². The van der Waals surface area contributed by atoms with Crippen molar-refractivity contribution in [1.82, 2.24) is 5.32 Å². The fourth-order valence-electron chi connectivity index (χ4n) is 8.77. The van der Waals surface area contributed by atoms with E-state index in [0.29, 0.717) is 19.3 Å². The molecule has 6 N–H and O–H groups in total. The van der Waals surface area contributed by atoms with Crippen LogP contribution in [0.5, 0.6) is 0 Å². The fraction of sp³-hybridized carbons (Fsp3) is 0.926. The van der Waals surface area contributed by atoms with Crippen LogP contribution in [0.15, 0.2) is 12.2 Å². The van der Waals surface area contributed by atoms with E-state index in [0.717, 1.165) is 57.8 Å². The summed E-state index contributed by atoms with van der Waals surface area (Å²) < 4.78 is 17.5. The maximum atomic E-state index is 13.3. The summed E-state index contributed by atoms with van der Waals surface area (Å²) in [5.41, 5.74) is 0.